The number of amides is 2. The fraction of sp³-hybridized carbons (Fsp3) is 0.900. The molecule has 2 rings (SSSR count). The number of carbonyl (C=O) groups excluding carboxylic acids is 1. The highest BCUT2D eigenvalue weighted by molar-refractivity contribution is 5.75. The van der Waals surface area contributed by atoms with E-state index in [1.54, 1.807) is 0 Å². The van der Waals surface area contributed by atoms with Gasteiger partial charge >= 0.3 is 6.03 Å². The summed E-state index contributed by atoms with van der Waals surface area (Å²) in [6, 6.07) is 0.599. The van der Waals surface area contributed by atoms with Crippen LogP contribution in [0, 0.1) is 0 Å². The molecular weight excluding hydrogens is 178 g/mol. The van der Waals surface area contributed by atoms with E-state index in [2.05, 4.69) is 17.1 Å². The second kappa shape index (κ2) is 4.17. The fourth-order valence-corrected chi connectivity index (χ4v) is 2.40. The van der Waals surface area contributed by atoms with Crippen molar-refractivity contribution < 1.29 is 4.79 Å². The van der Waals surface area contributed by atoms with E-state index in [9.17, 15) is 4.79 Å². The highest BCUT2D eigenvalue weighted by Crippen LogP contribution is 2.15. The Morgan fingerprint density at radius 3 is 3.14 bits per heavy atom. The third-order valence-corrected chi connectivity index (χ3v) is 3.12. The van der Waals surface area contributed by atoms with E-state index in [1.165, 1.54) is 13.0 Å². The molecule has 0 aromatic carbocycles. The highest BCUT2D eigenvalue weighted by atomic mass is 16.2. The van der Waals surface area contributed by atoms with Gasteiger partial charge < -0.3 is 10.2 Å². The lowest BCUT2D eigenvalue weighted by atomic mass is 10.1. The number of nitrogens with one attached hydrogen (secondary N) is 1. The third kappa shape index (κ3) is 1.85. The standard InChI is InChI=1S/C10H19N3O/c1-2-5-12-6-7-13-9(8-12)3-4-11-10(13)14/h9H,2-8H2,1H3,(H,11,14). The molecule has 4 nitrogen and oxygen atoms in total. The van der Waals surface area contributed by atoms with Gasteiger partial charge in [0.05, 0.1) is 0 Å². The second-order valence-electron chi connectivity index (χ2n) is 4.17. The molecule has 0 aromatic heterocycles. The summed E-state index contributed by atoms with van der Waals surface area (Å²) in [5, 5.41) is 2.90. The van der Waals surface area contributed by atoms with Crippen molar-refractivity contribution in [3.63, 3.8) is 0 Å². The third-order valence-electron chi connectivity index (χ3n) is 3.12. The predicted octanol–water partition coefficient (Wildman–Crippen LogP) is 0.496. The summed E-state index contributed by atoms with van der Waals surface area (Å²) in [4.78, 5) is 16.0. The zero-order chi connectivity index (χ0) is 9.97. The first kappa shape index (κ1) is 9.77. The maximum atomic E-state index is 11.5. The van der Waals surface area contributed by atoms with Crippen molar-refractivity contribution in [3.8, 4) is 0 Å². The average molecular weight is 197 g/mol. The number of hydrogen-bond donors (Lipinski definition) is 1. The van der Waals surface area contributed by atoms with Crippen LogP contribution >= 0.6 is 0 Å². The molecule has 80 valence electrons. The predicted molar refractivity (Wildman–Crippen MR) is 55.2 cm³/mol. The molecule has 1 unspecified atom stereocenters. The summed E-state index contributed by atoms with van der Waals surface area (Å²) in [6.45, 7) is 7.24. The van der Waals surface area contributed by atoms with Crippen molar-refractivity contribution in [3.05, 3.63) is 0 Å². The summed E-state index contributed by atoms with van der Waals surface area (Å²) in [6.07, 6.45) is 2.31. The van der Waals surface area contributed by atoms with Crippen LogP contribution in [0.1, 0.15) is 19.8 Å². The molecule has 0 saturated carbocycles. The Bertz CT molecular complexity index is 219. The minimum absolute atomic E-state index is 0.136. The van der Waals surface area contributed by atoms with Gasteiger partial charge in [-0.2, -0.15) is 0 Å². The minimum Gasteiger partial charge on any atom is -0.338 e. The average Bonchev–Trinajstić information content (AvgIpc) is 2.18. The van der Waals surface area contributed by atoms with Crippen LogP contribution in [-0.4, -0.2) is 54.6 Å². The number of nitrogens with zero attached hydrogens (tertiary/aromatic N) is 2. The summed E-state index contributed by atoms with van der Waals surface area (Å²) < 4.78 is 0. The molecular formula is C10H19N3O. The first-order chi connectivity index (χ1) is 6.81. The first-order valence-corrected chi connectivity index (χ1v) is 5.58. The van der Waals surface area contributed by atoms with Gasteiger partial charge in [0.15, 0.2) is 0 Å². The first-order valence-electron chi connectivity index (χ1n) is 5.58. The largest absolute Gasteiger partial charge is 0.338 e. The van der Waals surface area contributed by atoms with Gasteiger partial charge in [-0.3, -0.25) is 4.90 Å². The molecule has 2 aliphatic heterocycles. The molecule has 2 saturated heterocycles. The van der Waals surface area contributed by atoms with E-state index >= 15 is 0 Å². The van der Waals surface area contributed by atoms with Crippen LogP contribution in [0.5, 0.6) is 0 Å². The number of urea groups is 1. The topological polar surface area (TPSA) is 35.6 Å². The molecule has 0 aromatic rings. The van der Waals surface area contributed by atoms with Gasteiger partial charge in [0.2, 0.25) is 0 Å². The minimum atomic E-state index is 0.136. The summed E-state index contributed by atoms with van der Waals surface area (Å²) >= 11 is 0. The van der Waals surface area contributed by atoms with Crippen LogP contribution in [0.4, 0.5) is 4.79 Å². The quantitative estimate of drug-likeness (QED) is 0.699. The maximum absolute atomic E-state index is 11.5. The summed E-state index contributed by atoms with van der Waals surface area (Å²) in [5.74, 6) is 0. The molecule has 0 radical (unpaired) electrons. The van der Waals surface area contributed by atoms with Crippen molar-refractivity contribution >= 4 is 6.03 Å². The van der Waals surface area contributed by atoms with E-state index in [4.69, 9.17) is 0 Å². The Morgan fingerprint density at radius 1 is 1.50 bits per heavy atom. The molecule has 2 fully saturated rings. The number of carbonyl (C=O) groups is 1. The van der Waals surface area contributed by atoms with Crippen LogP contribution in [0.2, 0.25) is 0 Å². The van der Waals surface area contributed by atoms with Crippen molar-refractivity contribution in [2.24, 2.45) is 0 Å². The second-order valence-corrected chi connectivity index (χ2v) is 4.17. The molecule has 1 atom stereocenters. The van der Waals surface area contributed by atoms with Gasteiger partial charge in [-0.25, -0.2) is 4.79 Å². The molecule has 4 heteroatoms. The Kier molecular flexibility index (Phi) is 2.91. The SMILES string of the molecule is CCCN1CCN2C(=O)NCCC2C1. The lowest BCUT2D eigenvalue weighted by Gasteiger charge is -2.43. The molecule has 2 amide bonds. The van der Waals surface area contributed by atoms with Crippen LogP contribution in [0.15, 0.2) is 0 Å². The number of hydrogen-bond acceptors (Lipinski definition) is 2. The number of piperazine rings is 1. The maximum Gasteiger partial charge on any atom is 0.317 e. The molecule has 1 N–H and O–H groups in total. The van der Waals surface area contributed by atoms with Gasteiger partial charge in [0.25, 0.3) is 0 Å². The monoisotopic (exact) mass is 197 g/mol. The Morgan fingerprint density at radius 2 is 2.36 bits per heavy atom. The van der Waals surface area contributed by atoms with Gasteiger partial charge in [-0.1, -0.05) is 6.92 Å². The fourth-order valence-electron chi connectivity index (χ4n) is 2.40. The van der Waals surface area contributed by atoms with Crippen LogP contribution in [0.3, 0.4) is 0 Å². The lowest BCUT2D eigenvalue weighted by molar-refractivity contribution is 0.0778. The summed E-state index contributed by atoms with van der Waals surface area (Å²) in [7, 11) is 0. The Balaban J connectivity index is 1.93. The lowest BCUT2D eigenvalue weighted by Crippen LogP contribution is -2.61. The van der Waals surface area contributed by atoms with Gasteiger partial charge in [0.1, 0.15) is 0 Å². The van der Waals surface area contributed by atoms with Crippen LogP contribution < -0.4 is 5.32 Å². The van der Waals surface area contributed by atoms with E-state index < -0.39 is 0 Å². The Labute approximate surface area is 85.2 Å². The van der Waals surface area contributed by atoms with E-state index in [1.807, 2.05) is 4.90 Å². The molecule has 0 aliphatic carbocycles. The van der Waals surface area contributed by atoms with Gasteiger partial charge in [-0.05, 0) is 19.4 Å². The smallest absolute Gasteiger partial charge is 0.317 e. The normalized spacial score (nSPS) is 28.5. The van der Waals surface area contributed by atoms with Crippen LogP contribution in [0.25, 0.3) is 0 Å². The summed E-state index contributed by atoms with van der Waals surface area (Å²) in [5.41, 5.74) is 0. The molecule has 2 aliphatic rings. The van der Waals surface area contributed by atoms with Crippen molar-refractivity contribution in [2.45, 2.75) is 25.8 Å². The van der Waals surface area contributed by atoms with Crippen molar-refractivity contribution in [1.82, 2.24) is 15.1 Å². The molecule has 0 bridgehead atoms. The number of fused-ring (bicyclic) bond motifs is 1. The van der Waals surface area contributed by atoms with Crippen molar-refractivity contribution in [2.75, 3.05) is 32.7 Å². The van der Waals surface area contributed by atoms with Gasteiger partial charge in [0, 0.05) is 32.2 Å². The van der Waals surface area contributed by atoms with E-state index in [0.717, 1.165) is 32.6 Å². The van der Waals surface area contributed by atoms with Gasteiger partial charge in [-0.15, -0.1) is 0 Å². The van der Waals surface area contributed by atoms with E-state index in [0.29, 0.717) is 6.04 Å². The van der Waals surface area contributed by atoms with Crippen molar-refractivity contribution in [1.29, 1.82) is 0 Å². The number of rotatable bonds is 2. The zero-order valence-electron chi connectivity index (χ0n) is 8.83. The molecule has 0 spiro atoms. The van der Waals surface area contributed by atoms with Crippen LogP contribution in [-0.2, 0) is 0 Å². The van der Waals surface area contributed by atoms with E-state index in [-0.39, 0.29) is 6.03 Å². The zero-order valence-corrected chi connectivity index (χ0v) is 8.83. The highest BCUT2D eigenvalue weighted by Gasteiger charge is 2.32. The molecule has 2 heterocycles. The Hall–Kier alpha value is -0.770. The molecule has 14 heavy (non-hydrogen) atoms.